The molecular weight excluding hydrogens is 276 g/mol. The minimum absolute atomic E-state index is 0.156. The first-order valence-electron chi connectivity index (χ1n) is 8.84. The van der Waals surface area contributed by atoms with E-state index < -0.39 is 0 Å². The number of carbonyl (C=O) groups is 2. The quantitative estimate of drug-likeness (QED) is 0.708. The first kappa shape index (κ1) is 17.0. The highest BCUT2D eigenvalue weighted by Gasteiger charge is 2.49. The van der Waals surface area contributed by atoms with Gasteiger partial charge >= 0.3 is 0 Å². The van der Waals surface area contributed by atoms with Gasteiger partial charge in [0.2, 0.25) is 11.8 Å². The summed E-state index contributed by atoms with van der Waals surface area (Å²) >= 11 is 0. The van der Waals surface area contributed by atoms with E-state index in [1.807, 2.05) is 37.5 Å². The van der Waals surface area contributed by atoms with Gasteiger partial charge < -0.3 is 9.80 Å². The van der Waals surface area contributed by atoms with Gasteiger partial charge in [0.15, 0.2) is 0 Å². The molecule has 4 heteroatoms. The lowest BCUT2D eigenvalue weighted by Gasteiger charge is -2.46. The van der Waals surface area contributed by atoms with Crippen LogP contribution in [0.25, 0.3) is 0 Å². The van der Waals surface area contributed by atoms with E-state index in [4.69, 9.17) is 0 Å². The maximum atomic E-state index is 13.0. The molecule has 1 fully saturated rings. The van der Waals surface area contributed by atoms with Crippen molar-refractivity contribution in [1.29, 1.82) is 0 Å². The summed E-state index contributed by atoms with van der Waals surface area (Å²) in [6.45, 7) is 10.9. The second-order valence-corrected chi connectivity index (χ2v) is 6.36. The number of allylic oxidation sites excluding steroid dienone is 2. The molecule has 0 aromatic carbocycles. The van der Waals surface area contributed by atoms with E-state index in [0.717, 1.165) is 39.0 Å². The Morgan fingerprint density at radius 3 is 1.32 bits per heavy atom. The minimum Gasteiger partial charge on any atom is -0.343 e. The van der Waals surface area contributed by atoms with Crippen molar-refractivity contribution >= 4 is 11.8 Å². The number of nitrogens with zero attached hydrogens (tertiary/aromatic N) is 2. The lowest BCUT2D eigenvalue weighted by atomic mass is 9.61. The molecule has 124 valence electrons. The van der Waals surface area contributed by atoms with Crippen LogP contribution in [0.1, 0.15) is 40.5 Å². The summed E-state index contributed by atoms with van der Waals surface area (Å²) in [6, 6.07) is 0. The van der Waals surface area contributed by atoms with Crippen LogP contribution < -0.4 is 0 Å². The third-order valence-corrected chi connectivity index (χ3v) is 5.47. The fourth-order valence-electron chi connectivity index (χ4n) is 4.16. The maximum Gasteiger partial charge on any atom is 0.227 e. The summed E-state index contributed by atoms with van der Waals surface area (Å²) < 4.78 is 0. The van der Waals surface area contributed by atoms with Gasteiger partial charge in [-0.15, -0.1) is 0 Å². The van der Waals surface area contributed by atoms with Crippen molar-refractivity contribution in [3.8, 4) is 0 Å². The number of amides is 2. The molecular formula is C18H30N2O2. The summed E-state index contributed by atoms with van der Waals surface area (Å²) in [5, 5.41) is 0. The van der Waals surface area contributed by atoms with Gasteiger partial charge in [0, 0.05) is 26.2 Å². The van der Waals surface area contributed by atoms with E-state index in [2.05, 4.69) is 12.2 Å². The van der Waals surface area contributed by atoms with E-state index in [-0.39, 0.29) is 35.5 Å². The van der Waals surface area contributed by atoms with Crippen LogP contribution in [0, 0.1) is 23.7 Å². The molecule has 2 bridgehead atoms. The van der Waals surface area contributed by atoms with Crippen molar-refractivity contribution in [2.75, 3.05) is 26.2 Å². The fraction of sp³-hybridized carbons (Fsp3) is 0.778. The summed E-state index contributed by atoms with van der Waals surface area (Å²) in [5.74, 6) is 0.517. The average molecular weight is 306 g/mol. The number of hydrogen-bond donors (Lipinski definition) is 0. The summed E-state index contributed by atoms with van der Waals surface area (Å²) in [5.41, 5.74) is 0. The van der Waals surface area contributed by atoms with Crippen molar-refractivity contribution in [2.45, 2.75) is 40.5 Å². The standard InChI is InChI=1S/C18H30N2O2/c1-5-19(6-2)17(21)15-13-9-11-14(12-10-13)16(15)18(22)20(7-3)8-4/h9,11,13-16H,5-8,10,12H2,1-4H3. The molecule has 0 heterocycles. The molecule has 4 nitrogen and oxygen atoms in total. The zero-order valence-corrected chi connectivity index (χ0v) is 14.4. The van der Waals surface area contributed by atoms with Crippen LogP contribution in [-0.2, 0) is 9.59 Å². The van der Waals surface area contributed by atoms with Crippen LogP contribution in [0.4, 0.5) is 0 Å². The molecule has 3 aliphatic rings. The molecule has 0 N–H and O–H groups in total. The van der Waals surface area contributed by atoms with Crippen molar-refractivity contribution in [2.24, 2.45) is 23.7 Å². The zero-order chi connectivity index (χ0) is 16.3. The Bertz CT molecular complexity index is 398. The number of rotatable bonds is 6. The number of hydrogen-bond acceptors (Lipinski definition) is 2. The molecule has 0 saturated heterocycles. The van der Waals surface area contributed by atoms with Crippen LogP contribution in [0.2, 0.25) is 0 Å². The van der Waals surface area contributed by atoms with Crippen LogP contribution in [-0.4, -0.2) is 47.8 Å². The number of carbonyl (C=O) groups excluding carboxylic acids is 2. The molecule has 0 spiro atoms. The summed E-state index contributed by atoms with van der Waals surface area (Å²) in [4.78, 5) is 29.8. The Labute approximate surface area is 134 Å². The molecule has 0 aromatic rings. The van der Waals surface area contributed by atoms with E-state index in [9.17, 15) is 9.59 Å². The van der Waals surface area contributed by atoms with Gasteiger partial charge in [-0.2, -0.15) is 0 Å². The monoisotopic (exact) mass is 306 g/mol. The lowest BCUT2D eigenvalue weighted by Crippen LogP contribution is -2.53. The average Bonchev–Trinajstić information content (AvgIpc) is 2.57. The lowest BCUT2D eigenvalue weighted by molar-refractivity contribution is -0.152. The largest absolute Gasteiger partial charge is 0.343 e. The van der Waals surface area contributed by atoms with Gasteiger partial charge in [-0.3, -0.25) is 9.59 Å². The van der Waals surface area contributed by atoms with E-state index >= 15 is 0 Å². The Balaban J connectivity index is 2.30. The van der Waals surface area contributed by atoms with Crippen LogP contribution in [0.3, 0.4) is 0 Å². The third kappa shape index (κ3) is 2.92. The molecule has 0 radical (unpaired) electrons. The highest BCUT2D eigenvalue weighted by molar-refractivity contribution is 5.89. The second kappa shape index (κ2) is 7.30. The Kier molecular flexibility index (Phi) is 5.65. The minimum atomic E-state index is -0.156. The molecule has 3 rings (SSSR count). The van der Waals surface area contributed by atoms with E-state index in [1.165, 1.54) is 0 Å². The molecule has 22 heavy (non-hydrogen) atoms. The fourth-order valence-corrected chi connectivity index (χ4v) is 4.16. The Morgan fingerprint density at radius 2 is 1.09 bits per heavy atom. The Hall–Kier alpha value is -1.32. The molecule has 4 unspecified atom stereocenters. The van der Waals surface area contributed by atoms with E-state index in [0.29, 0.717) is 0 Å². The van der Waals surface area contributed by atoms with Gasteiger partial charge in [0.1, 0.15) is 0 Å². The van der Waals surface area contributed by atoms with E-state index in [1.54, 1.807) is 0 Å². The van der Waals surface area contributed by atoms with Crippen LogP contribution >= 0.6 is 0 Å². The first-order valence-corrected chi connectivity index (χ1v) is 8.84. The second-order valence-electron chi connectivity index (χ2n) is 6.36. The zero-order valence-electron chi connectivity index (χ0n) is 14.4. The van der Waals surface area contributed by atoms with Crippen LogP contribution in [0.15, 0.2) is 12.2 Å². The predicted molar refractivity (Wildman–Crippen MR) is 88.2 cm³/mol. The molecule has 2 amide bonds. The van der Waals surface area contributed by atoms with Crippen molar-refractivity contribution < 1.29 is 9.59 Å². The van der Waals surface area contributed by atoms with Crippen molar-refractivity contribution in [3.63, 3.8) is 0 Å². The highest BCUT2D eigenvalue weighted by atomic mass is 16.2. The Morgan fingerprint density at radius 1 is 0.773 bits per heavy atom. The van der Waals surface area contributed by atoms with Gasteiger partial charge in [-0.25, -0.2) is 0 Å². The smallest absolute Gasteiger partial charge is 0.227 e. The summed E-state index contributed by atoms with van der Waals surface area (Å²) in [7, 11) is 0. The SMILES string of the molecule is CCN(CC)C(=O)C1C2C=CC(CC2)C1C(=O)N(CC)CC. The van der Waals surface area contributed by atoms with Crippen molar-refractivity contribution in [1.82, 2.24) is 9.80 Å². The molecule has 0 aliphatic heterocycles. The third-order valence-electron chi connectivity index (χ3n) is 5.47. The maximum absolute atomic E-state index is 13.0. The highest BCUT2D eigenvalue weighted by Crippen LogP contribution is 2.46. The first-order chi connectivity index (χ1) is 10.6. The van der Waals surface area contributed by atoms with Gasteiger partial charge in [0.25, 0.3) is 0 Å². The van der Waals surface area contributed by atoms with Crippen molar-refractivity contribution in [3.05, 3.63) is 12.2 Å². The summed E-state index contributed by atoms with van der Waals surface area (Å²) in [6.07, 6.45) is 6.46. The van der Waals surface area contributed by atoms with Gasteiger partial charge in [0.05, 0.1) is 11.8 Å². The topological polar surface area (TPSA) is 40.6 Å². The predicted octanol–water partition coefficient (Wildman–Crippen LogP) is 2.55. The molecule has 3 aliphatic carbocycles. The molecule has 1 saturated carbocycles. The van der Waals surface area contributed by atoms with Gasteiger partial charge in [-0.05, 0) is 52.4 Å². The molecule has 4 atom stereocenters. The normalized spacial score (nSPS) is 29.5. The number of fused-ring (bicyclic) bond motifs is 2. The van der Waals surface area contributed by atoms with Gasteiger partial charge in [-0.1, -0.05) is 12.2 Å². The molecule has 0 aromatic heterocycles. The van der Waals surface area contributed by atoms with Crippen LogP contribution in [0.5, 0.6) is 0 Å².